The maximum atomic E-state index is 2.27. The van der Waals surface area contributed by atoms with Crippen molar-refractivity contribution in [3.05, 3.63) is 0 Å². The number of hydrogen-bond donors (Lipinski definition) is 1. The standard InChI is InChI=1S/C8H20N.H3N.H2O/c1-5-9(6-2,7-3)8-4;;/h5-8H2,1-4H3;1H3;1H2/q+1;;. The van der Waals surface area contributed by atoms with E-state index in [-0.39, 0.29) is 11.6 Å². The molecule has 0 fully saturated rings. The molecule has 0 aliphatic carbocycles. The Bertz CT molecular complexity index is 55.0. The van der Waals surface area contributed by atoms with Crippen molar-refractivity contribution >= 4 is 0 Å². The minimum Gasteiger partial charge on any atom is -0.412 e. The molecule has 0 amide bonds. The van der Waals surface area contributed by atoms with E-state index < -0.39 is 0 Å². The third-order valence-electron chi connectivity index (χ3n) is 2.68. The Morgan fingerprint density at radius 3 is 0.909 bits per heavy atom. The van der Waals surface area contributed by atoms with Crippen LogP contribution >= 0.6 is 0 Å². The molecule has 3 nitrogen and oxygen atoms in total. The maximum absolute atomic E-state index is 2.27. The van der Waals surface area contributed by atoms with Gasteiger partial charge in [0.25, 0.3) is 0 Å². The maximum Gasteiger partial charge on any atom is 0.0757 e. The van der Waals surface area contributed by atoms with Crippen molar-refractivity contribution in [3.63, 3.8) is 0 Å². The van der Waals surface area contributed by atoms with Crippen LogP contribution in [0, 0.1) is 0 Å². The zero-order valence-electron chi connectivity index (χ0n) is 8.48. The normalized spacial score (nSPS) is 9.82. The molecular weight excluding hydrogens is 140 g/mol. The van der Waals surface area contributed by atoms with Crippen LogP contribution in [0.2, 0.25) is 0 Å². The van der Waals surface area contributed by atoms with Gasteiger partial charge in [0.15, 0.2) is 0 Å². The first-order valence-electron chi connectivity index (χ1n) is 4.09. The number of hydrogen-bond acceptors (Lipinski definition) is 1. The van der Waals surface area contributed by atoms with Gasteiger partial charge in [-0.25, -0.2) is 0 Å². The Labute approximate surface area is 70.9 Å². The minimum atomic E-state index is 0. The van der Waals surface area contributed by atoms with Crippen molar-refractivity contribution in [2.24, 2.45) is 0 Å². The third kappa shape index (κ3) is 4.35. The van der Waals surface area contributed by atoms with E-state index in [1.807, 2.05) is 0 Å². The van der Waals surface area contributed by atoms with Gasteiger partial charge in [0, 0.05) is 0 Å². The Balaban J connectivity index is -0.000000320. The van der Waals surface area contributed by atoms with Crippen LogP contribution in [0.25, 0.3) is 0 Å². The quantitative estimate of drug-likeness (QED) is 0.625. The number of nitrogens with zero attached hydrogens (tertiary/aromatic N) is 1. The molecule has 0 aromatic heterocycles. The predicted molar refractivity (Wildman–Crippen MR) is 51.1 cm³/mol. The molecule has 0 radical (unpaired) electrons. The molecule has 0 aromatic carbocycles. The highest BCUT2D eigenvalue weighted by atomic mass is 16.0. The summed E-state index contributed by atoms with van der Waals surface area (Å²) in [6.07, 6.45) is 0. The Hall–Kier alpha value is -0.120. The summed E-state index contributed by atoms with van der Waals surface area (Å²) in [5.74, 6) is 0. The van der Waals surface area contributed by atoms with E-state index in [4.69, 9.17) is 0 Å². The van der Waals surface area contributed by atoms with E-state index in [1.54, 1.807) is 0 Å². The van der Waals surface area contributed by atoms with Crippen molar-refractivity contribution in [2.45, 2.75) is 27.7 Å². The van der Waals surface area contributed by atoms with Crippen LogP contribution in [0.3, 0.4) is 0 Å². The van der Waals surface area contributed by atoms with E-state index in [0.29, 0.717) is 0 Å². The summed E-state index contributed by atoms with van der Waals surface area (Å²) in [7, 11) is 0. The van der Waals surface area contributed by atoms with Gasteiger partial charge in [-0.3, -0.25) is 0 Å². The summed E-state index contributed by atoms with van der Waals surface area (Å²) in [5.41, 5.74) is 0. The van der Waals surface area contributed by atoms with Crippen molar-refractivity contribution < 1.29 is 9.96 Å². The van der Waals surface area contributed by atoms with Crippen LogP contribution in [0.4, 0.5) is 0 Å². The highest BCUT2D eigenvalue weighted by Gasteiger charge is 2.16. The highest BCUT2D eigenvalue weighted by molar-refractivity contribution is 4.31. The van der Waals surface area contributed by atoms with Gasteiger partial charge in [0.1, 0.15) is 0 Å². The molecule has 0 spiro atoms. The van der Waals surface area contributed by atoms with E-state index in [2.05, 4.69) is 27.7 Å². The lowest BCUT2D eigenvalue weighted by Gasteiger charge is -2.34. The summed E-state index contributed by atoms with van der Waals surface area (Å²) in [5, 5.41) is 0. The minimum absolute atomic E-state index is 0. The molecule has 0 bridgehead atoms. The molecule has 0 aliphatic heterocycles. The van der Waals surface area contributed by atoms with E-state index in [0.717, 1.165) is 0 Å². The van der Waals surface area contributed by atoms with Gasteiger partial charge in [0.05, 0.1) is 26.2 Å². The van der Waals surface area contributed by atoms with Gasteiger partial charge in [0.2, 0.25) is 0 Å². The molecule has 0 saturated heterocycles. The van der Waals surface area contributed by atoms with Crippen LogP contribution < -0.4 is 6.15 Å². The summed E-state index contributed by atoms with van der Waals surface area (Å²) >= 11 is 0. The molecular formula is C8H25N2O+. The summed E-state index contributed by atoms with van der Waals surface area (Å²) in [4.78, 5) is 0. The fourth-order valence-electron chi connectivity index (χ4n) is 1.34. The molecule has 0 heterocycles. The van der Waals surface area contributed by atoms with Gasteiger partial charge >= 0.3 is 0 Å². The third-order valence-corrected chi connectivity index (χ3v) is 2.68. The van der Waals surface area contributed by atoms with Gasteiger partial charge in [-0.05, 0) is 27.7 Å². The molecule has 0 saturated carbocycles. The predicted octanol–water partition coefficient (Wildman–Crippen LogP) is 1.22. The SMILES string of the molecule is CC[N+](CC)(CC)CC.N.O. The second-order valence-electron chi connectivity index (χ2n) is 2.61. The molecule has 0 aromatic rings. The molecule has 0 aliphatic rings. The van der Waals surface area contributed by atoms with Crippen LogP contribution in [-0.4, -0.2) is 36.1 Å². The summed E-state index contributed by atoms with van der Waals surface area (Å²) < 4.78 is 1.28. The first kappa shape index (κ1) is 17.1. The van der Waals surface area contributed by atoms with E-state index in [1.165, 1.54) is 30.7 Å². The van der Waals surface area contributed by atoms with E-state index >= 15 is 0 Å². The average molecular weight is 165 g/mol. The van der Waals surface area contributed by atoms with Gasteiger partial charge < -0.3 is 16.1 Å². The molecule has 0 unspecified atom stereocenters. The molecule has 0 atom stereocenters. The second kappa shape index (κ2) is 7.98. The van der Waals surface area contributed by atoms with E-state index in [9.17, 15) is 0 Å². The Kier molecular flexibility index (Phi) is 12.4. The fourth-order valence-corrected chi connectivity index (χ4v) is 1.34. The topological polar surface area (TPSA) is 66.5 Å². The summed E-state index contributed by atoms with van der Waals surface area (Å²) in [6, 6.07) is 0. The molecule has 11 heavy (non-hydrogen) atoms. The zero-order chi connectivity index (χ0) is 7.33. The highest BCUT2D eigenvalue weighted by Crippen LogP contribution is 2.03. The van der Waals surface area contributed by atoms with Crippen molar-refractivity contribution in [1.29, 1.82) is 0 Å². The first-order valence-corrected chi connectivity index (χ1v) is 4.09. The van der Waals surface area contributed by atoms with Crippen LogP contribution in [0.5, 0.6) is 0 Å². The number of rotatable bonds is 4. The van der Waals surface area contributed by atoms with Gasteiger partial charge in [-0.15, -0.1) is 0 Å². The Morgan fingerprint density at radius 2 is 0.909 bits per heavy atom. The van der Waals surface area contributed by atoms with Gasteiger partial charge in [-0.2, -0.15) is 0 Å². The molecule has 0 rings (SSSR count). The monoisotopic (exact) mass is 165 g/mol. The second-order valence-corrected chi connectivity index (χ2v) is 2.61. The lowest BCUT2D eigenvalue weighted by atomic mass is 10.3. The lowest BCUT2D eigenvalue weighted by molar-refractivity contribution is -0.921. The van der Waals surface area contributed by atoms with Crippen molar-refractivity contribution in [3.8, 4) is 0 Å². The average Bonchev–Trinajstić information content (AvgIpc) is 1.95. The van der Waals surface area contributed by atoms with Gasteiger partial charge in [-0.1, -0.05) is 0 Å². The summed E-state index contributed by atoms with van der Waals surface area (Å²) in [6.45, 7) is 14.2. The first-order chi connectivity index (χ1) is 4.24. The Morgan fingerprint density at radius 1 is 0.727 bits per heavy atom. The van der Waals surface area contributed by atoms with Crippen LogP contribution in [-0.2, 0) is 0 Å². The molecule has 5 N–H and O–H groups in total. The van der Waals surface area contributed by atoms with Crippen molar-refractivity contribution in [2.75, 3.05) is 26.2 Å². The van der Waals surface area contributed by atoms with Crippen molar-refractivity contribution in [1.82, 2.24) is 6.15 Å². The van der Waals surface area contributed by atoms with Crippen LogP contribution in [0.1, 0.15) is 27.7 Å². The van der Waals surface area contributed by atoms with Crippen LogP contribution in [0.15, 0.2) is 0 Å². The molecule has 72 valence electrons. The fraction of sp³-hybridized carbons (Fsp3) is 1.00. The smallest absolute Gasteiger partial charge is 0.0757 e. The number of quaternary nitrogens is 1. The zero-order valence-corrected chi connectivity index (χ0v) is 8.48. The lowest BCUT2D eigenvalue weighted by Crippen LogP contribution is -2.47. The molecule has 3 heteroatoms. The largest absolute Gasteiger partial charge is 0.412 e.